The molecule has 7 heteroatoms. The molecule has 0 bridgehead atoms. The van der Waals surface area contributed by atoms with E-state index in [1.165, 1.54) is 5.56 Å². The minimum Gasteiger partial charge on any atom is -0.352 e. The van der Waals surface area contributed by atoms with E-state index in [0.717, 1.165) is 38.9 Å². The minimum atomic E-state index is -0.553. The fourth-order valence-electron chi connectivity index (χ4n) is 3.59. The molecule has 1 aliphatic heterocycles. The Labute approximate surface area is 157 Å². The van der Waals surface area contributed by atoms with E-state index in [1.54, 1.807) is 6.92 Å². The number of carbonyl (C=O) groups is 1. The van der Waals surface area contributed by atoms with Crippen LogP contribution in [-0.2, 0) is 17.6 Å². The molecule has 1 atom stereocenters. The van der Waals surface area contributed by atoms with Crippen LogP contribution in [-0.4, -0.2) is 46.5 Å². The van der Waals surface area contributed by atoms with Gasteiger partial charge in [-0.15, -0.1) is 0 Å². The van der Waals surface area contributed by atoms with E-state index < -0.39 is 11.2 Å². The zero-order valence-corrected chi connectivity index (χ0v) is 15.6. The van der Waals surface area contributed by atoms with Gasteiger partial charge in [-0.05, 0) is 38.3 Å². The molecule has 7 nitrogen and oxygen atoms in total. The average molecular weight is 370 g/mol. The quantitative estimate of drug-likeness (QED) is 0.698. The lowest BCUT2D eigenvalue weighted by Crippen LogP contribution is -2.48. The lowest BCUT2D eigenvalue weighted by Gasteiger charge is -2.33. The molecule has 1 unspecified atom stereocenters. The van der Waals surface area contributed by atoms with E-state index in [0.29, 0.717) is 11.3 Å². The topological polar surface area (TPSA) is 98.1 Å². The van der Waals surface area contributed by atoms with Gasteiger partial charge >= 0.3 is 5.69 Å². The summed E-state index contributed by atoms with van der Waals surface area (Å²) >= 11 is 0. The summed E-state index contributed by atoms with van der Waals surface area (Å²) in [5.74, 6) is -0.189. The minimum absolute atomic E-state index is 0.0293. The molecule has 0 radical (unpaired) electrons. The first-order valence-corrected chi connectivity index (χ1v) is 9.39. The van der Waals surface area contributed by atoms with Crippen LogP contribution in [0.15, 0.2) is 39.9 Å². The van der Waals surface area contributed by atoms with E-state index in [1.807, 2.05) is 6.07 Å². The van der Waals surface area contributed by atoms with Crippen molar-refractivity contribution in [3.05, 3.63) is 68.0 Å². The van der Waals surface area contributed by atoms with Crippen LogP contribution in [0.1, 0.15) is 29.7 Å². The lowest BCUT2D eigenvalue weighted by molar-refractivity contribution is -0.121. The first-order chi connectivity index (χ1) is 13.0. The molecule has 1 saturated heterocycles. The summed E-state index contributed by atoms with van der Waals surface area (Å²) in [6.07, 6.45) is 2.94. The molecule has 1 aromatic carbocycles. The Kier molecular flexibility index (Phi) is 6.24. The van der Waals surface area contributed by atoms with Crippen LogP contribution in [0.2, 0.25) is 0 Å². The maximum absolute atomic E-state index is 12.4. The van der Waals surface area contributed by atoms with Gasteiger partial charge in [-0.25, -0.2) is 4.79 Å². The number of piperidine rings is 1. The molecule has 1 aliphatic rings. The maximum Gasteiger partial charge on any atom is 0.325 e. The van der Waals surface area contributed by atoms with Crippen LogP contribution in [0.3, 0.4) is 0 Å². The monoisotopic (exact) mass is 370 g/mol. The highest BCUT2D eigenvalue weighted by Crippen LogP contribution is 2.12. The molecule has 1 aromatic heterocycles. The number of hydrogen-bond donors (Lipinski definition) is 3. The normalized spacial score (nSPS) is 17.6. The second kappa shape index (κ2) is 8.81. The van der Waals surface area contributed by atoms with E-state index in [4.69, 9.17) is 0 Å². The van der Waals surface area contributed by atoms with Crippen molar-refractivity contribution in [3.63, 3.8) is 0 Å². The van der Waals surface area contributed by atoms with Crippen LogP contribution in [0.4, 0.5) is 0 Å². The number of aryl methyl sites for hydroxylation is 1. The van der Waals surface area contributed by atoms with Gasteiger partial charge in [0.2, 0.25) is 5.91 Å². The fraction of sp³-hybridized carbons (Fsp3) is 0.450. The Hall–Kier alpha value is -2.67. The zero-order valence-electron chi connectivity index (χ0n) is 15.6. The smallest absolute Gasteiger partial charge is 0.325 e. The Morgan fingerprint density at radius 2 is 2.00 bits per heavy atom. The van der Waals surface area contributed by atoms with E-state index in [-0.39, 0.29) is 18.4 Å². The van der Waals surface area contributed by atoms with Crippen molar-refractivity contribution >= 4 is 5.91 Å². The van der Waals surface area contributed by atoms with Crippen molar-refractivity contribution in [2.45, 2.75) is 38.6 Å². The third-order valence-corrected chi connectivity index (χ3v) is 5.02. The van der Waals surface area contributed by atoms with Crippen molar-refractivity contribution in [1.29, 1.82) is 0 Å². The third-order valence-electron chi connectivity index (χ3n) is 5.02. The number of rotatable bonds is 6. The molecule has 3 rings (SSSR count). The lowest BCUT2D eigenvalue weighted by atomic mass is 10.0. The van der Waals surface area contributed by atoms with Gasteiger partial charge < -0.3 is 15.2 Å². The van der Waals surface area contributed by atoms with Crippen LogP contribution in [0, 0.1) is 6.92 Å². The Morgan fingerprint density at radius 1 is 1.22 bits per heavy atom. The highest BCUT2D eigenvalue weighted by molar-refractivity contribution is 5.79. The molecule has 1 amide bonds. The molecule has 27 heavy (non-hydrogen) atoms. The number of carbonyl (C=O) groups excluding carboxylic acids is 1. The van der Waals surface area contributed by atoms with Crippen molar-refractivity contribution in [1.82, 2.24) is 20.2 Å². The van der Waals surface area contributed by atoms with Gasteiger partial charge in [-0.3, -0.25) is 14.6 Å². The van der Waals surface area contributed by atoms with Gasteiger partial charge in [0.05, 0.1) is 6.42 Å². The van der Waals surface area contributed by atoms with Gasteiger partial charge in [0, 0.05) is 30.4 Å². The Balaban J connectivity index is 1.52. The maximum atomic E-state index is 12.4. The Bertz CT molecular complexity index is 888. The van der Waals surface area contributed by atoms with Gasteiger partial charge in [0.25, 0.3) is 5.56 Å². The Morgan fingerprint density at radius 3 is 2.74 bits per heavy atom. The summed E-state index contributed by atoms with van der Waals surface area (Å²) in [5, 5.41) is 3.04. The number of aromatic nitrogens is 2. The highest BCUT2D eigenvalue weighted by atomic mass is 16.2. The number of aromatic amines is 2. The van der Waals surface area contributed by atoms with Gasteiger partial charge in [-0.1, -0.05) is 30.3 Å². The first-order valence-electron chi connectivity index (χ1n) is 9.39. The SMILES string of the molecule is Cc1[nH]c(=O)[nH]c(=O)c1CC(=O)NC1CCCN(CCc2ccccc2)C1. The molecule has 1 fully saturated rings. The molecule has 2 aromatic rings. The van der Waals surface area contributed by atoms with E-state index >= 15 is 0 Å². The molecular formula is C20H26N4O3. The van der Waals surface area contributed by atoms with Gasteiger partial charge in [-0.2, -0.15) is 0 Å². The van der Waals surface area contributed by atoms with Crippen LogP contribution in [0.5, 0.6) is 0 Å². The highest BCUT2D eigenvalue weighted by Gasteiger charge is 2.22. The summed E-state index contributed by atoms with van der Waals surface area (Å²) < 4.78 is 0. The van der Waals surface area contributed by atoms with Crippen LogP contribution < -0.4 is 16.6 Å². The van der Waals surface area contributed by atoms with Crippen molar-refractivity contribution in [2.24, 2.45) is 0 Å². The summed E-state index contributed by atoms with van der Waals surface area (Å²) in [4.78, 5) is 42.6. The number of nitrogens with zero attached hydrogens (tertiary/aromatic N) is 1. The van der Waals surface area contributed by atoms with E-state index in [2.05, 4.69) is 44.5 Å². The number of H-pyrrole nitrogens is 2. The third kappa shape index (κ3) is 5.40. The van der Waals surface area contributed by atoms with Crippen molar-refractivity contribution < 1.29 is 4.79 Å². The summed E-state index contributed by atoms with van der Waals surface area (Å²) in [7, 11) is 0. The predicted octanol–water partition coefficient (Wildman–Crippen LogP) is 0.737. The largest absolute Gasteiger partial charge is 0.352 e. The number of hydrogen-bond acceptors (Lipinski definition) is 4. The molecule has 0 spiro atoms. The molecule has 144 valence electrons. The van der Waals surface area contributed by atoms with E-state index in [9.17, 15) is 14.4 Å². The fourth-order valence-corrected chi connectivity index (χ4v) is 3.59. The second-order valence-electron chi connectivity index (χ2n) is 7.13. The average Bonchev–Trinajstić information content (AvgIpc) is 2.64. The van der Waals surface area contributed by atoms with Crippen LogP contribution in [0.25, 0.3) is 0 Å². The number of likely N-dealkylation sites (tertiary alicyclic amines) is 1. The first kappa shape index (κ1) is 19.1. The van der Waals surface area contributed by atoms with Gasteiger partial charge in [0.15, 0.2) is 0 Å². The molecule has 3 N–H and O–H groups in total. The van der Waals surface area contributed by atoms with Crippen LogP contribution >= 0.6 is 0 Å². The molecule has 0 aliphatic carbocycles. The second-order valence-corrected chi connectivity index (χ2v) is 7.13. The van der Waals surface area contributed by atoms with Crippen molar-refractivity contribution in [3.8, 4) is 0 Å². The van der Waals surface area contributed by atoms with Crippen molar-refractivity contribution in [2.75, 3.05) is 19.6 Å². The van der Waals surface area contributed by atoms with Gasteiger partial charge in [0.1, 0.15) is 0 Å². The molecule has 2 heterocycles. The predicted molar refractivity (Wildman–Crippen MR) is 104 cm³/mol. The molecule has 0 saturated carbocycles. The standard InChI is InChI=1S/C20H26N4O3/c1-14-17(19(26)23-20(27)21-14)12-18(25)22-16-8-5-10-24(13-16)11-9-15-6-3-2-4-7-15/h2-4,6-7,16H,5,8-13H2,1H3,(H,22,25)(H2,21,23,26,27). The summed E-state index contributed by atoms with van der Waals surface area (Å²) in [6, 6.07) is 10.5. The number of nitrogens with one attached hydrogen (secondary N) is 3. The summed E-state index contributed by atoms with van der Waals surface area (Å²) in [6.45, 7) is 4.46. The number of benzene rings is 1. The zero-order chi connectivity index (χ0) is 19.2. The molecular weight excluding hydrogens is 344 g/mol. The summed E-state index contributed by atoms with van der Waals surface area (Å²) in [5.41, 5.74) is 1.01. The number of amides is 1.